The van der Waals surface area contributed by atoms with E-state index in [0.29, 0.717) is 6.04 Å². The van der Waals surface area contributed by atoms with Crippen molar-refractivity contribution >= 4 is 21.8 Å². The van der Waals surface area contributed by atoms with E-state index in [2.05, 4.69) is 69.2 Å². The number of likely N-dealkylation sites (tertiary alicyclic amines) is 1. The van der Waals surface area contributed by atoms with Crippen molar-refractivity contribution in [2.24, 2.45) is 0 Å². The van der Waals surface area contributed by atoms with Gasteiger partial charge in [-0.1, -0.05) is 50.6 Å². The summed E-state index contributed by atoms with van der Waals surface area (Å²) in [6.45, 7) is 16.0. The third kappa shape index (κ3) is 8.73. The molecule has 25 heavy (non-hydrogen) atoms. The van der Waals surface area contributed by atoms with E-state index < -0.39 is 8.32 Å². The minimum absolute atomic E-state index is 0. The van der Waals surface area contributed by atoms with Crippen molar-refractivity contribution in [2.75, 3.05) is 26.7 Å². The van der Waals surface area contributed by atoms with E-state index in [-0.39, 0.29) is 18.5 Å². The predicted molar refractivity (Wildman–Crippen MR) is 118 cm³/mol. The van der Waals surface area contributed by atoms with Gasteiger partial charge in [0.2, 0.25) is 0 Å². The average molecular weight is 385 g/mol. The van der Waals surface area contributed by atoms with Crippen molar-refractivity contribution in [3.63, 3.8) is 0 Å². The Balaban J connectivity index is 0.000000552. The van der Waals surface area contributed by atoms with Crippen molar-refractivity contribution in [1.82, 2.24) is 10.2 Å². The first-order chi connectivity index (χ1) is 11.0. The van der Waals surface area contributed by atoms with Crippen molar-refractivity contribution in [2.45, 2.75) is 64.7 Å². The van der Waals surface area contributed by atoms with Gasteiger partial charge >= 0.3 is 0 Å². The second kappa shape index (κ2) is 10.7. The molecule has 0 amide bonds. The molecule has 0 aliphatic carbocycles. The van der Waals surface area contributed by atoms with Gasteiger partial charge in [-0.3, -0.25) is 0 Å². The summed E-state index contributed by atoms with van der Waals surface area (Å²) in [7, 11) is 0.200. The molecule has 1 aliphatic heterocycles. The number of rotatable bonds is 4. The van der Waals surface area contributed by atoms with Gasteiger partial charge in [0.1, 0.15) is 0 Å². The van der Waals surface area contributed by atoms with E-state index in [0.717, 1.165) is 6.54 Å². The van der Waals surface area contributed by atoms with Gasteiger partial charge in [0.25, 0.3) is 0 Å². The van der Waals surface area contributed by atoms with Crippen LogP contribution in [0.1, 0.15) is 50.8 Å². The van der Waals surface area contributed by atoms with Gasteiger partial charge in [0.05, 0.1) is 0 Å². The molecule has 0 bridgehead atoms. The van der Waals surface area contributed by atoms with Gasteiger partial charge in [-0.25, -0.2) is 0 Å². The van der Waals surface area contributed by atoms with Crippen LogP contribution < -0.4 is 5.32 Å². The zero-order chi connectivity index (χ0) is 18.4. The van der Waals surface area contributed by atoms with Crippen LogP contribution in [0.3, 0.4) is 0 Å². The van der Waals surface area contributed by atoms with Crippen LogP contribution in [0.4, 0.5) is 0 Å². The lowest BCUT2D eigenvalue weighted by atomic mass is 10.0. The zero-order valence-corrected chi connectivity index (χ0v) is 19.3. The van der Waals surface area contributed by atoms with Gasteiger partial charge < -0.3 is 15.0 Å². The smallest absolute Gasteiger partial charge is 0.187 e. The van der Waals surface area contributed by atoms with Crippen molar-refractivity contribution in [1.29, 1.82) is 0 Å². The molecule has 5 heteroatoms. The standard InChI is InChI=1S/C14H22N2.C6H16OSi.H2S/c1-12-6-5-7-13(10-12)14(15-2)11-16-8-3-4-9-16;1-6(2,3)8(4,5)7;/h5-7,10,14-15H,3-4,8-9,11H2,1-2H3;7H,1-5H3;1H2/t14-;;/m1../s1. The fourth-order valence-electron chi connectivity index (χ4n) is 2.47. The summed E-state index contributed by atoms with van der Waals surface area (Å²) in [4.78, 5) is 12.1. The van der Waals surface area contributed by atoms with E-state index in [1.165, 1.54) is 37.1 Å². The summed E-state index contributed by atoms with van der Waals surface area (Å²) < 4.78 is 0. The molecule has 2 N–H and O–H groups in total. The highest BCUT2D eigenvalue weighted by molar-refractivity contribution is 7.59. The predicted octanol–water partition coefficient (Wildman–Crippen LogP) is 4.45. The largest absolute Gasteiger partial charge is 0.432 e. The summed E-state index contributed by atoms with van der Waals surface area (Å²) in [5, 5.41) is 3.56. The van der Waals surface area contributed by atoms with Gasteiger partial charge in [-0.15, -0.1) is 0 Å². The molecular weight excluding hydrogens is 344 g/mol. The van der Waals surface area contributed by atoms with Gasteiger partial charge in [-0.2, -0.15) is 13.5 Å². The van der Waals surface area contributed by atoms with Crippen LogP contribution in [0.25, 0.3) is 0 Å². The third-order valence-electron chi connectivity index (χ3n) is 5.27. The second-order valence-corrected chi connectivity index (χ2v) is 13.2. The van der Waals surface area contributed by atoms with Crippen LogP contribution in [0.15, 0.2) is 24.3 Å². The van der Waals surface area contributed by atoms with E-state index in [9.17, 15) is 4.80 Å². The normalized spacial score (nSPS) is 16.6. The summed E-state index contributed by atoms with van der Waals surface area (Å²) in [6.07, 6.45) is 2.73. The fourth-order valence-corrected chi connectivity index (χ4v) is 2.47. The SMILES string of the molecule is CC(C)(C)[Si](C)(C)O.CN[C@H](CN1CCCC1)c1cccc(C)c1.S. The van der Waals surface area contributed by atoms with E-state index in [4.69, 9.17) is 0 Å². The Morgan fingerprint density at radius 3 is 2.12 bits per heavy atom. The Bertz CT molecular complexity index is 479. The quantitative estimate of drug-likeness (QED) is 0.753. The highest BCUT2D eigenvalue weighted by Crippen LogP contribution is 2.33. The number of hydrogen-bond donors (Lipinski definition) is 2. The van der Waals surface area contributed by atoms with Crippen LogP contribution in [-0.2, 0) is 0 Å². The Morgan fingerprint density at radius 1 is 1.20 bits per heavy atom. The Labute approximate surface area is 163 Å². The zero-order valence-electron chi connectivity index (χ0n) is 17.3. The van der Waals surface area contributed by atoms with E-state index >= 15 is 0 Å². The van der Waals surface area contributed by atoms with Crippen LogP contribution in [0, 0.1) is 6.92 Å². The van der Waals surface area contributed by atoms with E-state index in [1.807, 2.05) is 13.1 Å². The van der Waals surface area contributed by atoms with Gasteiger partial charge in [-0.05, 0) is 63.6 Å². The Hall–Kier alpha value is -0.333. The molecule has 146 valence electrons. The first kappa shape index (κ1) is 24.7. The summed E-state index contributed by atoms with van der Waals surface area (Å²) in [5.41, 5.74) is 2.76. The molecule has 0 aromatic heterocycles. The Kier molecular flexibility index (Phi) is 10.6. The molecule has 0 unspecified atom stereocenters. The molecule has 1 atom stereocenters. The minimum atomic E-state index is -1.86. The number of nitrogens with one attached hydrogen (secondary N) is 1. The molecule has 1 aliphatic rings. The highest BCUT2D eigenvalue weighted by atomic mass is 32.1. The van der Waals surface area contributed by atoms with Crippen LogP contribution in [0.5, 0.6) is 0 Å². The maximum absolute atomic E-state index is 9.49. The van der Waals surface area contributed by atoms with Crippen LogP contribution in [-0.4, -0.2) is 44.7 Å². The summed E-state index contributed by atoms with van der Waals surface area (Å²) in [6, 6.07) is 9.30. The molecule has 1 aromatic rings. The molecule has 0 spiro atoms. The monoisotopic (exact) mass is 384 g/mol. The second-order valence-electron chi connectivity index (χ2n) is 8.57. The maximum atomic E-state index is 9.49. The minimum Gasteiger partial charge on any atom is -0.432 e. The number of aryl methyl sites for hydroxylation is 1. The average Bonchev–Trinajstić information content (AvgIpc) is 2.96. The molecule has 0 radical (unpaired) electrons. The highest BCUT2D eigenvalue weighted by Gasteiger charge is 2.32. The first-order valence-corrected chi connectivity index (χ1v) is 12.2. The maximum Gasteiger partial charge on any atom is 0.187 e. The molecule has 1 heterocycles. The molecule has 1 saturated heterocycles. The summed E-state index contributed by atoms with van der Waals surface area (Å²) in [5.74, 6) is 0. The third-order valence-corrected chi connectivity index (χ3v) is 8.94. The number of hydrogen-bond acceptors (Lipinski definition) is 3. The van der Waals surface area contributed by atoms with Crippen molar-refractivity contribution in [3.8, 4) is 0 Å². The first-order valence-electron chi connectivity index (χ1n) is 9.23. The van der Waals surface area contributed by atoms with Gasteiger partial charge in [0.15, 0.2) is 8.32 Å². The van der Waals surface area contributed by atoms with Crippen LogP contribution in [0.2, 0.25) is 18.1 Å². The molecule has 1 fully saturated rings. The molecule has 1 aromatic carbocycles. The topological polar surface area (TPSA) is 35.5 Å². The molecule has 2 rings (SSSR count). The molecule has 0 saturated carbocycles. The Morgan fingerprint density at radius 2 is 1.72 bits per heavy atom. The number of nitrogens with zero attached hydrogens (tertiary/aromatic N) is 1. The van der Waals surface area contributed by atoms with Crippen LogP contribution >= 0.6 is 13.5 Å². The lowest BCUT2D eigenvalue weighted by molar-refractivity contribution is 0.299. The van der Waals surface area contributed by atoms with Crippen molar-refractivity contribution < 1.29 is 4.80 Å². The molecular formula is C20H40N2OSSi. The van der Waals surface area contributed by atoms with Gasteiger partial charge in [0, 0.05) is 12.6 Å². The number of likely N-dealkylation sites (N-methyl/N-ethyl adjacent to an activating group) is 1. The number of benzene rings is 1. The molecule has 3 nitrogen and oxygen atoms in total. The van der Waals surface area contributed by atoms with E-state index in [1.54, 1.807) is 0 Å². The summed E-state index contributed by atoms with van der Waals surface area (Å²) >= 11 is 0. The fraction of sp³-hybridized carbons (Fsp3) is 0.700. The lowest BCUT2D eigenvalue weighted by Crippen LogP contribution is -2.36. The lowest BCUT2D eigenvalue weighted by Gasteiger charge is -2.30. The van der Waals surface area contributed by atoms with Crippen molar-refractivity contribution in [3.05, 3.63) is 35.4 Å².